The first-order valence-electron chi connectivity index (χ1n) is 5.53. The number of aliphatic hydroxyl groups is 1. The molecular weight excluding hydrogens is 192 g/mol. The topological polar surface area (TPSA) is 29.5 Å². The molecule has 14 heavy (non-hydrogen) atoms. The zero-order valence-corrected chi connectivity index (χ0v) is 11.1. The van der Waals surface area contributed by atoms with Crippen LogP contribution in [0, 0.1) is 11.8 Å². The Balaban J connectivity index is 2.31. The second-order valence-corrected chi connectivity index (χ2v) is 10.8. The Bertz CT molecular complexity index is 196. The summed E-state index contributed by atoms with van der Waals surface area (Å²) in [5, 5.41) is 9.22. The van der Waals surface area contributed by atoms with Crippen molar-refractivity contribution in [2.45, 2.75) is 45.3 Å². The summed E-state index contributed by atoms with van der Waals surface area (Å²) in [5.41, 5.74) is 0. The maximum atomic E-state index is 8.92. The van der Waals surface area contributed by atoms with Gasteiger partial charge in [0.25, 0.3) is 0 Å². The van der Waals surface area contributed by atoms with Crippen LogP contribution >= 0.6 is 0 Å². The first-order valence-corrected chi connectivity index (χ1v) is 8.43. The molecule has 0 aromatic rings. The molecule has 1 rings (SSSR count). The number of aliphatic hydroxyl groups excluding tert-OH is 1. The van der Waals surface area contributed by atoms with Crippen LogP contribution in [0.25, 0.3) is 0 Å². The normalized spacial score (nSPS) is 27.9. The van der Waals surface area contributed by atoms with Crippen molar-refractivity contribution < 1.29 is 9.53 Å². The van der Waals surface area contributed by atoms with Crippen LogP contribution < -0.4 is 0 Å². The van der Waals surface area contributed by atoms with Crippen LogP contribution in [-0.4, -0.2) is 26.6 Å². The molecule has 1 aliphatic carbocycles. The van der Waals surface area contributed by atoms with Gasteiger partial charge in [-0.05, 0) is 36.4 Å². The summed E-state index contributed by atoms with van der Waals surface area (Å²) in [6.45, 7) is 12.5. The molecule has 2 atom stereocenters. The summed E-state index contributed by atoms with van der Waals surface area (Å²) in [5.74, 6) is 1.16. The highest BCUT2D eigenvalue weighted by molar-refractivity contribution is 6.74. The standard InChI is InChI=1S/C11H24O2Si/c1-11(2,3)14(4,5)13-8-10-6-9(10)7-12/h9-10,12H,6-8H2,1-5H3/t9-,10-/m0/s1. The molecule has 2 nitrogen and oxygen atoms in total. The Kier molecular flexibility index (Phi) is 3.44. The van der Waals surface area contributed by atoms with Crippen molar-refractivity contribution >= 4 is 8.32 Å². The Morgan fingerprint density at radius 3 is 2.21 bits per heavy atom. The fraction of sp³-hybridized carbons (Fsp3) is 1.00. The minimum atomic E-state index is -1.55. The van der Waals surface area contributed by atoms with Crippen molar-refractivity contribution in [3.63, 3.8) is 0 Å². The molecule has 0 heterocycles. The van der Waals surface area contributed by atoms with E-state index in [1.54, 1.807) is 0 Å². The van der Waals surface area contributed by atoms with Gasteiger partial charge >= 0.3 is 0 Å². The number of rotatable bonds is 4. The first-order chi connectivity index (χ1) is 6.28. The van der Waals surface area contributed by atoms with E-state index >= 15 is 0 Å². The van der Waals surface area contributed by atoms with Crippen molar-refractivity contribution in [3.8, 4) is 0 Å². The number of hydrogen-bond donors (Lipinski definition) is 1. The molecule has 1 fully saturated rings. The van der Waals surface area contributed by atoms with E-state index in [1.807, 2.05) is 0 Å². The van der Waals surface area contributed by atoms with Crippen LogP contribution in [0.3, 0.4) is 0 Å². The summed E-state index contributed by atoms with van der Waals surface area (Å²) in [7, 11) is -1.55. The molecule has 0 saturated heterocycles. The van der Waals surface area contributed by atoms with E-state index in [0.717, 1.165) is 13.0 Å². The molecule has 0 aliphatic heterocycles. The third-order valence-corrected chi connectivity index (χ3v) is 8.27. The van der Waals surface area contributed by atoms with Gasteiger partial charge < -0.3 is 9.53 Å². The highest BCUT2D eigenvalue weighted by atomic mass is 28.4. The molecule has 0 spiro atoms. The summed E-state index contributed by atoms with van der Waals surface area (Å²) in [4.78, 5) is 0. The fourth-order valence-corrected chi connectivity index (χ4v) is 2.33. The second kappa shape index (κ2) is 3.95. The molecule has 0 aromatic carbocycles. The molecular formula is C11H24O2Si. The zero-order chi connectivity index (χ0) is 11.0. The van der Waals surface area contributed by atoms with Gasteiger partial charge in [0.05, 0.1) is 0 Å². The Labute approximate surface area is 88.8 Å². The lowest BCUT2D eigenvalue weighted by Gasteiger charge is -2.36. The predicted molar refractivity (Wildman–Crippen MR) is 61.8 cm³/mol. The van der Waals surface area contributed by atoms with Crippen molar-refractivity contribution in [1.29, 1.82) is 0 Å². The van der Waals surface area contributed by atoms with Crippen LogP contribution in [0.2, 0.25) is 18.1 Å². The third-order valence-electron chi connectivity index (χ3n) is 3.77. The molecule has 0 aromatic heterocycles. The van der Waals surface area contributed by atoms with Gasteiger partial charge in [0.15, 0.2) is 8.32 Å². The Morgan fingerprint density at radius 2 is 1.86 bits per heavy atom. The van der Waals surface area contributed by atoms with Gasteiger partial charge in [-0.15, -0.1) is 0 Å². The van der Waals surface area contributed by atoms with Gasteiger partial charge in [0.1, 0.15) is 0 Å². The lowest BCUT2D eigenvalue weighted by atomic mass is 10.2. The van der Waals surface area contributed by atoms with Crippen molar-refractivity contribution in [2.24, 2.45) is 11.8 Å². The Hall–Kier alpha value is 0.137. The Morgan fingerprint density at radius 1 is 1.29 bits per heavy atom. The summed E-state index contributed by atoms with van der Waals surface area (Å²) >= 11 is 0. The van der Waals surface area contributed by atoms with Gasteiger partial charge in [-0.3, -0.25) is 0 Å². The zero-order valence-electron chi connectivity index (χ0n) is 10.1. The molecule has 0 amide bonds. The smallest absolute Gasteiger partial charge is 0.191 e. The molecule has 84 valence electrons. The van der Waals surface area contributed by atoms with Crippen molar-refractivity contribution in [2.75, 3.05) is 13.2 Å². The summed E-state index contributed by atoms with van der Waals surface area (Å²) in [6.07, 6.45) is 1.16. The van der Waals surface area contributed by atoms with E-state index in [2.05, 4.69) is 33.9 Å². The van der Waals surface area contributed by atoms with E-state index in [0.29, 0.717) is 23.5 Å². The quantitative estimate of drug-likeness (QED) is 0.732. The van der Waals surface area contributed by atoms with Crippen LogP contribution in [-0.2, 0) is 4.43 Å². The molecule has 1 N–H and O–H groups in total. The van der Waals surface area contributed by atoms with E-state index < -0.39 is 8.32 Å². The second-order valence-electron chi connectivity index (χ2n) is 6.01. The minimum absolute atomic E-state index is 0.302. The lowest BCUT2D eigenvalue weighted by Crippen LogP contribution is -2.41. The van der Waals surface area contributed by atoms with E-state index in [1.165, 1.54) is 0 Å². The highest BCUT2D eigenvalue weighted by Gasteiger charge is 2.41. The van der Waals surface area contributed by atoms with Crippen molar-refractivity contribution in [1.82, 2.24) is 0 Å². The monoisotopic (exact) mass is 216 g/mol. The fourth-order valence-electron chi connectivity index (χ4n) is 1.27. The molecule has 1 saturated carbocycles. The van der Waals surface area contributed by atoms with E-state index in [9.17, 15) is 0 Å². The average molecular weight is 216 g/mol. The minimum Gasteiger partial charge on any atom is -0.417 e. The maximum absolute atomic E-state index is 8.92. The van der Waals surface area contributed by atoms with E-state index in [4.69, 9.17) is 9.53 Å². The largest absolute Gasteiger partial charge is 0.417 e. The third kappa shape index (κ3) is 2.81. The molecule has 3 heteroatoms. The summed E-state index contributed by atoms with van der Waals surface area (Å²) in [6, 6.07) is 0. The average Bonchev–Trinajstić information content (AvgIpc) is 2.77. The maximum Gasteiger partial charge on any atom is 0.191 e. The van der Waals surface area contributed by atoms with Crippen LogP contribution in [0.15, 0.2) is 0 Å². The SMILES string of the molecule is CC(C)(C)[Si](C)(C)OC[C@@H]1C[C@H]1CO. The van der Waals surface area contributed by atoms with Gasteiger partial charge in [-0.25, -0.2) is 0 Å². The first kappa shape index (κ1) is 12.2. The molecule has 1 aliphatic rings. The van der Waals surface area contributed by atoms with Gasteiger partial charge in [0.2, 0.25) is 0 Å². The predicted octanol–water partition coefficient (Wildman–Crippen LogP) is 2.64. The van der Waals surface area contributed by atoms with Gasteiger partial charge in [-0.1, -0.05) is 20.8 Å². The lowest BCUT2D eigenvalue weighted by molar-refractivity contribution is 0.232. The van der Waals surface area contributed by atoms with Gasteiger partial charge in [0, 0.05) is 13.2 Å². The van der Waals surface area contributed by atoms with Gasteiger partial charge in [-0.2, -0.15) is 0 Å². The van der Waals surface area contributed by atoms with E-state index in [-0.39, 0.29) is 0 Å². The van der Waals surface area contributed by atoms with Crippen LogP contribution in [0.1, 0.15) is 27.2 Å². The van der Waals surface area contributed by atoms with Crippen LogP contribution in [0.5, 0.6) is 0 Å². The molecule has 0 radical (unpaired) electrons. The van der Waals surface area contributed by atoms with Crippen molar-refractivity contribution in [3.05, 3.63) is 0 Å². The highest BCUT2D eigenvalue weighted by Crippen LogP contribution is 2.41. The molecule has 0 unspecified atom stereocenters. The molecule has 0 bridgehead atoms. The number of hydrogen-bond acceptors (Lipinski definition) is 2. The summed E-state index contributed by atoms with van der Waals surface area (Å²) < 4.78 is 6.08. The van der Waals surface area contributed by atoms with Crippen LogP contribution in [0.4, 0.5) is 0 Å².